The van der Waals surface area contributed by atoms with Crippen LogP contribution in [0, 0.1) is 0 Å². The molecule has 0 radical (unpaired) electrons. The van der Waals surface area contributed by atoms with E-state index < -0.39 is 21.6 Å². The molecule has 0 saturated carbocycles. The van der Waals surface area contributed by atoms with Crippen molar-refractivity contribution in [2.75, 3.05) is 32.6 Å². The van der Waals surface area contributed by atoms with Crippen molar-refractivity contribution in [3.63, 3.8) is 0 Å². The van der Waals surface area contributed by atoms with Crippen LogP contribution in [-0.4, -0.2) is 67.9 Å². The van der Waals surface area contributed by atoms with Gasteiger partial charge in [0.25, 0.3) is 0 Å². The molecule has 2 saturated heterocycles. The normalized spacial score (nSPS) is 27.4. The molecule has 0 aromatic heterocycles. The van der Waals surface area contributed by atoms with Gasteiger partial charge in [-0.2, -0.15) is 4.31 Å². The zero-order valence-electron chi connectivity index (χ0n) is 11.7. The van der Waals surface area contributed by atoms with E-state index in [0.717, 1.165) is 6.26 Å². The maximum Gasteiger partial charge on any atom is 0.238 e. The van der Waals surface area contributed by atoms with Crippen LogP contribution in [-0.2, 0) is 19.6 Å². The summed E-state index contributed by atoms with van der Waals surface area (Å²) in [5.41, 5.74) is -0.679. The van der Waals surface area contributed by atoms with Crippen LogP contribution in [0.2, 0.25) is 0 Å². The Labute approximate surface area is 119 Å². The van der Waals surface area contributed by atoms with Gasteiger partial charge in [0.05, 0.1) is 18.4 Å². The lowest BCUT2D eigenvalue weighted by molar-refractivity contribution is -0.128. The molecule has 8 heteroatoms. The van der Waals surface area contributed by atoms with Crippen molar-refractivity contribution in [2.24, 2.45) is 0 Å². The van der Waals surface area contributed by atoms with Crippen molar-refractivity contribution >= 4 is 15.9 Å². The molecule has 2 aliphatic rings. The van der Waals surface area contributed by atoms with Gasteiger partial charge in [-0.15, -0.1) is 0 Å². The average molecular weight is 306 g/mol. The molecule has 1 amide bonds. The fourth-order valence-corrected chi connectivity index (χ4v) is 3.95. The average Bonchev–Trinajstić information content (AvgIpc) is 2.89. The molecule has 1 unspecified atom stereocenters. The third-order valence-electron chi connectivity index (χ3n) is 4.07. The van der Waals surface area contributed by atoms with Gasteiger partial charge in [0.15, 0.2) is 0 Å². The van der Waals surface area contributed by atoms with Crippen molar-refractivity contribution in [3.05, 3.63) is 0 Å². The number of amides is 1. The topological polar surface area (TPSA) is 95.9 Å². The zero-order chi connectivity index (χ0) is 14.8. The molecule has 2 rings (SSSR count). The van der Waals surface area contributed by atoms with Gasteiger partial charge in [-0.25, -0.2) is 8.42 Å². The number of hydrogen-bond acceptors (Lipinski definition) is 5. The lowest BCUT2D eigenvalue weighted by atomic mass is 9.90. The third kappa shape index (κ3) is 3.30. The van der Waals surface area contributed by atoms with Crippen LogP contribution < -0.4 is 5.32 Å². The number of rotatable bonds is 4. The highest BCUT2D eigenvalue weighted by Crippen LogP contribution is 2.24. The molecule has 1 atom stereocenters. The molecule has 0 spiro atoms. The molecule has 20 heavy (non-hydrogen) atoms. The van der Waals surface area contributed by atoms with Crippen molar-refractivity contribution in [1.82, 2.24) is 9.62 Å². The summed E-state index contributed by atoms with van der Waals surface area (Å²) in [5, 5.41) is 12.4. The highest BCUT2D eigenvalue weighted by Gasteiger charge is 2.40. The maximum absolute atomic E-state index is 12.4. The van der Waals surface area contributed by atoms with Gasteiger partial charge in [-0.1, -0.05) is 0 Å². The lowest BCUT2D eigenvalue weighted by Gasteiger charge is -2.37. The van der Waals surface area contributed by atoms with Gasteiger partial charge in [-0.05, 0) is 25.7 Å². The first-order chi connectivity index (χ1) is 9.38. The minimum absolute atomic E-state index is 0.159. The fraction of sp³-hybridized carbons (Fsp3) is 0.917. The molecule has 7 nitrogen and oxygen atoms in total. The number of ether oxygens (including phenoxy) is 1. The van der Waals surface area contributed by atoms with Crippen LogP contribution in [0.5, 0.6) is 0 Å². The summed E-state index contributed by atoms with van der Waals surface area (Å²) in [6.07, 6.45) is 3.41. The number of carbonyl (C=O) groups is 1. The second-order valence-electron chi connectivity index (χ2n) is 5.57. The second-order valence-corrected chi connectivity index (χ2v) is 7.51. The van der Waals surface area contributed by atoms with E-state index in [0.29, 0.717) is 45.4 Å². The Hall–Kier alpha value is -0.700. The van der Waals surface area contributed by atoms with E-state index in [1.54, 1.807) is 0 Å². The summed E-state index contributed by atoms with van der Waals surface area (Å²) < 4.78 is 29.8. The molecule has 0 bridgehead atoms. The Kier molecular flexibility index (Phi) is 4.68. The molecule has 2 aliphatic heterocycles. The molecule has 0 aliphatic carbocycles. The summed E-state index contributed by atoms with van der Waals surface area (Å²) in [7, 11) is -3.38. The minimum Gasteiger partial charge on any atom is -0.394 e. The summed E-state index contributed by atoms with van der Waals surface area (Å²) in [5.74, 6) is -0.316. The molecule has 116 valence electrons. The Morgan fingerprint density at radius 2 is 2.10 bits per heavy atom. The van der Waals surface area contributed by atoms with Gasteiger partial charge in [0.2, 0.25) is 15.9 Å². The SMILES string of the molecule is CS(=O)(=O)N1CCCC1C(=O)NC1(CO)CCOCC1. The number of aliphatic hydroxyl groups excluding tert-OH is 1. The van der Waals surface area contributed by atoms with E-state index in [1.807, 2.05) is 0 Å². The van der Waals surface area contributed by atoms with E-state index in [4.69, 9.17) is 4.74 Å². The molecule has 2 N–H and O–H groups in total. The molecular formula is C12H22N2O5S. The van der Waals surface area contributed by atoms with E-state index in [9.17, 15) is 18.3 Å². The monoisotopic (exact) mass is 306 g/mol. The highest BCUT2D eigenvalue weighted by atomic mass is 32.2. The number of sulfonamides is 1. The van der Waals surface area contributed by atoms with Gasteiger partial charge in [-0.3, -0.25) is 4.79 Å². The van der Waals surface area contributed by atoms with E-state index in [-0.39, 0.29) is 12.5 Å². The summed E-state index contributed by atoms with van der Waals surface area (Å²) >= 11 is 0. The molecule has 2 heterocycles. The van der Waals surface area contributed by atoms with Crippen molar-refractivity contribution in [3.8, 4) is 0 Å². The van der Waals surface area contributed by atoms with Crippen LogP contribution >= 0.6 is 0 Å². The molecular weight excluding hydrogens is 284 g/mol. The smallest absolute Gasteiger partial charge is 0.238 e. The van der Waals surface area contributed by atoms with Crippen molar-refractivity contribution < 1.29 is 23.1 Å². The Bertz CT molecular complexity index is 458. The van der Waals surface area contributed by atoms with Gasteiger partial charge >= 0.3 is 0 Å². The van der Waals surface area contributed by atoms with E-state index >= 15 is 0 Å². The zero-order valence-corrected chi connectivity index (χ0v) is 12.5. The minimum atomic E-state index is -3.38. The number of nitrogens with zero attached hydrogens (tertiary/aromatic N) is 1. The first-order valence-electron chi connectivity index (χ1n) is 6.85. The highest BCUT2D eigenvalue weighted by molar-refractivity contribution is 7.88. The largest absolute Gasteiger partial charge is 0.394 e. The Morgan fingerprint density at radius 1 is 1.45 bits per heavy atom. The number of aliphatic hydroxyl groups is 1. The summed E-state index contributed by atoms with van der Waals surface area (Å²) in [4.78, 5) is 12.4. The maximum atomic E-state index is 12.4. The summed E-state index contributed by atoms with van der Waals surface area (Å²) in [6, 6.07) is -0.656. The predicted octanol–water partition coefficient (Wildman–Crippen LogP) is -0.932. The van der Waals surface area contributed by atoms with Gasteiger partial charge < -0.3 is 15.2 Å². The van der Waals surface area contributed by atoms with Crippen LogP contribution in [0.4, 0.5) is 0 Å². The van der Waals surface area contributed by atoms with Gasteiger partial charge in [0.1, 0.15) is 6.04 Å². The standard InChI is InChI=1S/C12H22N2O5S/c1-20(17,18)14-6-2-3-10(14)11(16)13-12(9-15)4-7-19-8-5-12/h10,15H,2-9H2,1H3,(H,13,16). The Balaban J connectivity index is 2.07. The molecule has 0 aromatic rings. The van der Waals surface area contributed by atoms with Gasteiger partial charge in [0, 0.05) is 19.8 Å². The number of nitrogens with one attached hydrogen (secondary N) is 1. The number of carbonyl (C=O) groups excluding carboxylic acids is 1. The first-order valence-corrected chi connectivity index (χ1v) is 8.70. The second kappa shape index (κ2) is 5.97. The quantitative estimate of drug-likeness (QED) is 0.699. The lowest BCUT2D eigenvalue weighted by Crippen LogP contribution is -2.58. The van der Waals surface area contributed by atoms with Crippen molar-refractivity contribution in [1.29, 1.82) is 0 Å². The van der Waals surface area contributed by atoms with Crippen LogP contribution in [0.25, 0.3) is 0 Å². The van der Waals surface area contributed by atoms with Crippen LogP contribution in [0.3, 0.4) is 0 Å². The van der Waals surface area contributed by atoms with Crippen molar-refractivity contribution in [2.45, 2.75) is 37.3 Å². The molecule has 0 aromatic carbocycles. The molecule has 2 fully saturated rings. The van der Waals surface area contributed by atoms with E-state index in [1.165, 1.54) is 4.31 Å². The fourth-order valence-electron chi connectivity index (χ4n) is 2.83. The van der Waals surface area contributed by atoms with E-state index in [2.05, 4.69) is 5.32 Å². The Morgan fingerprint density at radius 3 is 2.65 bits per heavy atom. The predicted molar refractivity (Wildman–Crippen MR) is 72.6 cm³/mol. The van der Waals surface area contributed by atoms with Crippen LogP contribution in [0.15, 0.2) is 0 Å². The first kappa shape index (κ1) is 15.7. The summed E-state index contributed by atoms with van der Waals surface area (Å²) in [6.45, 7) is 1.20. The number of hydrogen-bond donors (Lipinski definition) is 2. The van der Waals surface area contributed by atoms with Crippen LogP contribution in [0.1, 0.15) is 25.7 Å². The third-order valence-corrected chi connectivity index (χ3v) is 5.36.